The molecule has 5 nitrogen and oxygen atoms in total. The van der Waals surface area contributed by atoms with E-state index in [0.717, 1.165) is 55.2 Å². The lowest BCUT2D eigenvalue weighted by atomic mass is 9.93. The van der Waals surface area contributed by atoms with Crippen LogP contribution < -0.4 is 5.62 Å². The van der Waals surface area contributed by atoms with E-state index in [4.69, 9.17) is 9.98 Å². The van der Waals surface area contributed by atoms with Crippen molar-refractivity contribution in [3.05, 3.63) is 175 Å². The fraction of sp³-hybridized carbons (Fsp3) is 0. The van der Waals surface area contributed by atoms with Gasteiger partial charge in [-0.3, -0.25) is 5.41 Å². The molecule has 5 heteroatoms. The van der Waals surface area contributed by atoms with Crippen LogP contribution in [0, 0.1) is 5.41 Å². The van der Waals surface area contributed by atoms with Crippen molar-refractivity contribution in [2.45, 2.75) is 0 Å². The quantitative estimate of drug-likeness (QED) is 0.143. The zero-order valence-electron chi connectivity index (χ0n) is 27.9. The molecule has 2 N–H and O–H groups in total. The average Bonchev–Trinajstić information content (AvgIpc) is 3.48. The second-order valence-electron chi connectivity index (χ2n) is 13.4. The van der Waals surface area contributed by atoms with Gasteiger partial charge in [-0.15, -0.1) is 0 Å². The van der Waals surface area contributed by atoms with Crippen molar-refractivity contribution in [2.24, 2.45) is 4.99 Å². The van der Waals surface area contributed by atoms with E-state index >= 15 is 0 Å². The molecular formula is C47H29N5. The van der Waals surface area contributed by atoms with E-state index in [1.807, 2.05) is 48.5 Å². The van der Waals surface area contributed by atoms with Gasteiger partial charge in [-0.25, -0.2) is 4.98 Å². The highest BCUT2D eigenvalue weighted by atomic mass is 15.0. The molecule has 0 unspecified atom stereocenters. The smallest absolute Gasteiger partial charge is 0.229 e. The van der Waals surface area contributed by atoms with Crippen molar-refractivity contribution in [3.63, 3.8) is 0 Å². The first-order valence-corrected chi connectivity index (χ1v) is 17.5. The molecule has 0 atom stereocenters. The summed E-state index contributed by atoms with van der Waals surface area (Å²) < 4.78 is 2.41. The molecule has 0 saturated carbocycles. The Morgan fingerprint density at radius 2 is 1.17 bits per heavy atom. The van der Waals surface area contributed by atoms with Gasteiger partial charge in [0.1, 0.15) is 0 Å². The molecule has 0 radical (unpaired) electrons. The van der Waals surface area contributed by atoms with Gasteiger partial charge in [0.15, 0.2) is 5.84 Å². The van der Waals surface area contributed by atoms with E-state index in [9.17, 15) is 5.41 Å². The number of para-hydroxylation sites is 1. The zero-order chi connectivity index (χ0) is 34.3. The van der Waals surface area contributed by atoms with Gasteiger partial charge in [0, 0.05) is 32.7 Å². The van der Waals surface area contributed by atoms with Crippen LogP contribution >= 0.6 is 0 Å². The Bertz CT molecular complexity index is 3200. The van der Waals surface area contributed by atoms with E-state index in [1.54, 1.807) is 0 Å². The zero-order valence-corrected chi connectivity index (χ0v) is 27.9. The number of aromatic nitrogens is 3. The summed E-state index contributed by atoms with van der Waals surface area (Å²) in [6.45, 7) is 0. The van der Waals surface area contributed by atoms with Crippen LogP contribution in [0.1, 0.15) is 5.56 Å². The number of amidine groups is 1. The van der Waals surface area contributed by atoms with Gasteiger partial charge in [0.05, 0.1) is 27.9 Å². The van der Waals surface area contributed by atoms with Crippen LogP contribution in [-0.2, 0) is 0 Å². The number of nitrogens with zero attached hydrogens (tertiary/aromatic N) is 3. The molecule has 0 fully saturated rings. The highest BCUT2D eigenvalue weighted by molar-refractivity contribution is 6.30. The van der Waals surface area contributed by atoms with Gasteiger partial charge in [0.2, 0.25) is 5.62 Å². The van der Waals surface area contributed by atoms with Gasteiger partial charge in [0.25, 0.3) is 0 Å². The molecule has 0 bridgehead atoms. The molecule has 242 valence electrons. The van der Waals surface area contributed by atoms with Crippen LogP contribution in [0.4, 0.5) is 0 Å². The summed E-state index contributed by atoms with van der Waals surface area (Å²) >= 11 is 0. The predicted octanol–water partition coefficient (Wildman–Crippen LogP) is 11.2. The monoisotopic (exact) mass is 663 g/mol. The predicted molar refractivity (Wildman–Crippen MR) is 214 cm³/mol. The second-order valence-corrected chi connectivity index (χ2v) is 13.4. The summed E-state index contributed by atoms with van der Waals surface area (Å²) in [5.74, 6) is 0.145. The van der Waals surface area contributed by atoms with Crippen LogP contribution in [0.15, 0.2) is 169 Å². The molecule has 1 aliphatic rings. The first kappa shape index (κ1) is 28.7. The van der Waals surface area contributed by atoms with E-state index in [0.29, 0.717) is 5.62 Å². The molecule has 0 aliphatic heterocycles. The Kier molecular flexibility index (Phi) is 6.04. The van der Waals surface area contributed by atoms with E-state index in [-0.39, 0.29) is 5.84 Å². The van der Waals surface area contributed by atoms with Gasteiger partial charge >= 0.3 is 0 Å². The average molecular weight is 664 g/mol. The molecule has 0 spiro atoms. The third kappa shape index (κ3) is 4.08. The Morgan fingerprint density at radius 3 is 2.00 bits per heavy atom. The first-order chi connectivity index (χ1) is 25.7. The fourth-order valence-corrected chi connectivity index (χ4v) is 8.42. The Morgan fingerprint density at radius 1 is 0.519 bits per heavy atom. The summed E-state index contributed by atoms with van der Waals surface area (Å²) in [7, 11) is 0. The standard InChI is InChI=1S/C47H29N5/c48-46(51-47-49-38-22-9-8-19-37(38)45(50-47)29-12-2-1-3-13-29)36-25-27-39(33-18-7-6-17-32(33)36)52-40-23-11-21-35-31-16-5-4-15-30(31)34-20-10-14-28-24-26-41(52)44(42(28)34)43(35)40/h1-27H,(H2,48,49,50,51). The summed E-state index contributed by atoms with van der Waals surface area (Å²) in [5, 5.41) is 17.4. The van der Waals surface area contributed by atoms with Crippen LogP contribution in [-0.4, -0.2) is 20.4 Å². The van der Waals surface area contributed by atoms with Crippen LogP contribution in [0.2, 0.25) is 0 Å². The summed E-state index contributed by atoms with van der Waals surface area (Å²) in [4.78, 5) is 13.1. The second kappa shape index (κ2) is 10.9. The van der Waals surface area contributed by atoms with Crippen LogP contribution in [0.25, 0.3) is 93.5 Å². The maximum atomic E-state index is 9.33. The molecule has 52 heavy (non-hydrogen) atoms. The number of H-pyrrole nitrogens is 1. The molecular weight excluding hydrogens is 635 g/mol. The number of benzene rings is 8. The molecule has 2 aromatic heterocycles. The fourth-order valence-electron chi connectivity index (χ4n) is 8.42. The highest BCUT2D eigenvalue weighted by Gasteiger charge is 2.25. The largest absolute Gasteiger partial charge is 0.323 e. The highest BCUT2D eigenvalue weighted by Crippen LogP contribution is 2.49. The van der Waals surface area contributed by atoms with Crippen molar-refractivity contribution >= 4 is 60.1 Å². The SMILES string of the molecule is N=C(/N=c1/nc(-c2ccccc2)c2ccccc2[nH]1)c1ccc(-n2c3cccc4c3c3c5c(cccc5ccc32)-c2ccccc2-4)c2ccccc12. The van der Waals surface area contributed by atoms with Crippen molar-refractivity contribution in [3.8, 4) is 39.2 Å². The number of fused-ring (bicyclic) bond motifs is 5. The van der Waals surface area contributed by atoms with Crippen molar-refractivity contribution in [1.82, 2.24) is 14.5 Å². The third-order valence-electron chi connectivity index (χ3n) is 10.6. The lowest BCUT2D eigenvalue weighted by molar-refractivity contribution is 1.05. The third-order valence-corrected chi connectivity index (χ3v) is 10.6. The van der Waals surface area contributed by atoms with E-state index in [1.165, 1.54) is 43.8 Å². The minimum absolute atomic E-state index is 0.145. The molecule has 11 rings (SSSR count). The normalized spacial score (nSPS) is 12.4. The van der Waals surface area contributed by atoms with E-state index < -0.39 is 0 Å². The van der Waals surface area contributed by atoms with Crippen LogP contribution in [0.3, 0.4) is 0 Å². The number of hydrogen-bond acceptors (Lipinski definition) is 2. The summed E-state index contributed by atoms with van der Waals surface area (Å²) in [6.07, 6.45) is 0. The van der Waals surface area contributed by atoms with Crippen molar-refractivity contribution < 1.29 is 0 Å². The number of hydrogen-bond donors (Lipinski definition) is 2. The van der Waals surface area contributed by atoms with Gasteiger partial charge < -0.3 is 9.55 Å². The lowest BCUT2D eigenvalue weighted by Crippen LogP contribution is -2.17. The van der Waals surface area contributed by atoms with Gasteiger partial charge in [-0.2, -0.15) is 4.99 Å². The van der Waals surface area contributed by atoms with Crippen molar-refractivity contribution in [2.75, 3.05) is 0 Å². The molecule has 1 aliphatic carbocycles. The topological polar surface area (TPSA) is 69.8 Å². The number of aromatic amines is 1. The summed E-state index contributed by atoms with van der Waals surface area (Å²) in [5.41, 5.74) is 12.3. The van der Waals surface area contributed by atoms with Gasteiger partial charge in [-0.1, -0.05) is 133 Å². The molecule has 8 aromatic carbocycles. The maximum absolute atomic E-state index is 9.33. The Hall–Kier alpha value is -7.11. The molecule has 10 aromatic rings. The van der Waals surface area contributed by atoms with Crippen LogP contribution in [0.5, 0.6) is 0 Å². The minimum atomic E-state index is 0.145. The molecule has 0 amide bonds. The lowest BCUT2D eigenvalue weighted by Gasteiger charge is -2.16. The number of nitrogens with one attached hydrogen (secondary N) is 2. The molecule has 0 saturated heterocycles. The molecule has 2 heterocycles. The van der Waals surface area contributed by atoms with E-state index in [2.05, 4.69) is 125 Å². The maximum Gasteiger partial charge on any atom is 0.229 e. The van der Waals surface area contributed by atoms with Gasteiger partial charge in [-0.05, 0) is 68.7 Å². The number of rotatable bonds is 3. The Labute approximate surface area is 298 Å². The summed E-state index contributed by atoms with van der Waals surface area (Å²) in [6, 6.07) is 57.4. The van der Waals surface area contributed by atoms with Crippen molar-refractivity contribution in [1.29, 1.82) is 5.41 Å². The minimum Gasteiger partial charge on any atom is -0.323 e. The Balaban J connectivity index is 1.14. The first-order valence-electron chi connectivity index (χ1n) is 17.5.